The molecule has 0 aliphatic heterocycles. The third-order valence-corrected chi connectivity index (χ3v) is 4.88. The summed E-state index contributed by atoms with van der Waals surface area (Å²) >= 11 is 0. The zero-order valence-electron chi connectivity index (χ0n) is 17.8. The molecular formula is C23H45NO2. The largest absolute Gasteiger partial charge is 0.396 e. The molecule has 3 nitrogen and oxygen atoms in total. The van der Waals surface area contributed by atoms with Crippen molar-refractivity contribution in [1.82, 2.24) is 5.32 Å². The lowest BCUT2D eigenvalue weighted by molar-refractivity contribution is -0.122. The van der Waals surface area contributed by atoms with E-state index in [1.807, 2.05) is 13.8 Å². The number of nitrogens with one attached hydrogen (secondary N) is 1. The topological polar surface area (TPSA) is 49.3 Å². The van der Waals surface area contributed by atoms with Gasteiger partial charge in [-0.15, -0.1) is 0 Å². The van der Waals surface area contributed by atoms with Crippen LogP contribution < -0.4 is 5.32 Å². The first-order valence-electron chi connectivity index (χ1n) is 11.1. The molecule has 26 heavy (non-hydrogen) atoms. The summed E-state index contributed by atoms with van der Waals surface area (Å²) in [4.78, 5) is 11.9. The van der Waals surface area contributed by atoms with E-state index in [0.717, 1.165) is 12.8 Å². The summed E-state index contributed by atoms with van der Waals surface area (Å²) in [5.41, 5.74) is -0.298. The minimum absolute atomic E-state index is 0.112. The van der Waals surface area contributed by atoms with E-state index < -0.39 is 0 Å². The number of rotatable bonds is 18. The predicted molar refractivity (Wildman–Crippen MR) is 113 cm³/mol. The van der Waals surface area contributed by atoms with Crippen molar-refractivity contribution in [2.24, 2.45) is 0 Å². The molecule has 0 fully saturated rings. The summed E-state index contributed by atoms with van der Waals surface area (Å²) in [6.07, 6.45) is 22.5. The Morgan fingerprint density at radius 3 is 1.88 bits per heavy atom. The van der Waals surface area contributed by atoms with Crippen molar-refractivity contribution in [3.05, 3.63) is 12.2 Å². The lowest BCUT2D eigenvalue weighted by Gasteiger charge is -2.25. The molecule has 0 aliphatic carbocycles. The second-order valence-corrected chi connectivity index (χ2v) is 8.24. The summed E-state index contributed by atoms with van der Waals surface area (Å²) < 4.78 is 0. The van der Waals surface area contributed by atoms with E-state index in [1.165, 1.54) is 70.6 Å². The fourth-order valence-corrected chi connectivity index (χ4v) is 3.14. The Labute approximate surface area is 163 Å². The number of unbranched alkanes of at least 4 members (excludes halogenated alkanes) is 11. The molecule has 1 amide bonds. The average Bonchev–Trinajstić information content (AvgIpc) is 2.57. The zero-order valence-corrected chi connectivity index (χ0v) is 17.8. The number of aliphatic hydroxyl groups excluding tert-OH is 1. The summed E-state index contributed by atoms with van der Waals surface area (Å²) in [6, 6.07) is 0. The lowest BCUT2D eigenvalue weighted by atomic mass is 10.0. The van der Waals surface area contributed by atoms with Crippen LogP contribution in [0.3, 0.4) is 0 Å². The summed E-state index contributed by atoms with van der Waals surface area (Å²) in [6.45, 7) is 6.30. The first-order valence-corrected chi connectivity index (χ1v) is 11.1. The predicted octanol–water partition coefficient (Wildman–Crippen LogP) is 6.30. The van der Waals surface area contributed by atoms with Crippen LogP contribution in [0.2, 0.25) is 0 Å². The minimum atomic E-state index is -0.298. The van der Waals surface area contributed by atoms with Gasteiger partial charge in [0.1, 0.15) is 0 Å². The minimum Gasteiger partial charge on any atom is -0.396 e. The van der Waals surface area contributed by atoms with Crippen molar-refractivity contribution in [2.75, 3.05) is 6.61 Å². The number of carbonyl (C=O) groups excluding carboxylic acids is 1. The van der Waals surface area contributed by atoms with Crippen LogP contribution in [-0.4, -0.2) is 23.2 Å². The van der Waals surface area contributed by atoms with Gasteiger partial charge in [-0.2, -0.15) is 0 Å². The van der Waals surface area contributed by atoms with E-state index in [-0.39, 0.29) is 18.1 Å². The highest BCUT2D eigenvalue weighted by atomic mass is 16.3. The van der Waals surface area contributed by atoms with Crippen LogP contribution in [0.25, 0.3) is 0 Å². The van der Waals surface area contributed by atoms with E-state index in [1.54, 1.807) is 0 Å². The monoisotopic (exact) mass is 367 g/mol. The molecule has 0 spiro atoms. The fourth-order valence-electron chi connectivity index (χ4n) is 3.14. The number of allylic oxidation sites excluding steroid dienone is 2. The van der Waals surface area contributed by atoms with Gasteiger partial charge in [-0.05, 0) is 52.4 Å². The molecule has 0 aromatic heterocycles. The highest BCUT2D eigenvalue weighted by molar-refractivity contribution is 5.76. The maximum absolute atomic E-state index is 11.9. The van der Waals surface area contributed by atoms with E-state index in [9.17, 15) is 4.79 Å². The van der Waals surface area contributed by atoms with Crippen molar-refractivity contribution in [2.45, 2.75) is 123 Å². The van der Waals surface area contributed by atoms with E-state index in [4.69, 9.17) is 5.11 Å². The molecule has 0 radical (unpaired) electrons. The number of hydrogen-bond donors (Lipinski definition) is 2. The van der Waals surface area contributed by atoms with Crippen LogP contribution in [0.4, 0.5) is 0 Å². The van der Waals surface area contributed by atoms with Crippen molar-refractivity contribution in [1.29, 1.82) is 0 Å². The van der Waals surface area contributed by atoms with Gasteiger partial charge in [0.25, 0.3) is 0 Å². The molecular weight excluding hydrogens is 322 g/mol. The SMILES string of the molecule is CCCCCCCC/C=C\CCCCCCCC(=O)NC(C)(C)CCO. The summed E-state index contributed by atoms with van der Waals surface area (Å²) in [5, 5.41) is 12.0. The van der Waals surface area contributed by atoms with Crippen molar-refractivity contribution < 1.29 is 9.90 Å². The second kappa shape index (κ2) is 17.6. The number of aliphatic hydroxyl groups is 1. The Bertz CT molecular complexity index is 350. The van der Waals surface area contributed by atoms with Gasteiger partial charge in [-0.3, -0.25) is 4.79 Å². The Hall–Kier alpha value is -0.830. The van der Waals surface area contributed by atoms with Gasteiger partial charge in [0.2, 0.25) is 5.91 Å². The molecule has 154 valence electrons. The molecule has 0 atom stereocenters. The third kappa shape index (κ3) is 18.0. The van der Waals surface area contributed by atoms with Gasteiger partial charge in [-0.25, -0.2) is 0 Å². The van der Waals surface area contributed by atoms with Crippen molar-refractivity contribution >= 4 is 5.91 Å². The molecule has 0 unspecified atom stereocenters. The Morgan fingerprint density at radius 2 is 1.35 bits per heavy atom. The van der Waals surface area contributed by atoms with Crippen molar-refractivity contribution in [3.63, 3.8) is 0 Å². The molecule has 0 heterocycles. The Balaban J connectivity index is 3.35. The number of carbonyl (C=O) groups is 1. The second-order valence-electron chi connectivity index (χ2n) is 8.24. The summed E-state index contributed by atoms with van der Waals surface area (Å²) in [5.74, 6) is 0.112. The van der Waals surface area contributed by atoms with Crippen molar-refractivity contribution in [3.8, 4) is 0 Å². The molecule has 0 aromatic carbocycles. The molecule has 0 bridgehead atoms. The smallest absolute Gasteiger partial charge is 0.220 e. The van der Waals surface area contributed by atoms with E-state index >= 15 is 0 Å². The normalized spacial score (nSPS) is 12.0. The molecule has 0 saturated carbocycles. The molecule has 0 rings (SSSR count). The first kappa shape index (κ1) is 25.2. The number of amides is 1. The van der Waals surface area contributed by atoms with Crippen LogP contribution in [-0.2, 0) is 4.79 Å². The van der Waals surface area contributed by atoms with Crippen LogP contribution in [0.15, 0.2) is 12.2 Å². The molecule has 3 heteroatoms. The third-order valence-electron chi connectivity index (χ3n) is 4.88. The highest BCUT2D eigenvalue weighted by Gasteiger charge is 2.18. The van der Waals surface area contributed by atoms with Gasteiger partial charge in [-0.1, -0.05) is 70.4 Å². The maximum Gasteiger partial charge on any atom is 0.220 e. The van der Waals surface area contributed by atoms with Crippen LogP contribution in [0, 0.1) is 0 Å². The molecule has 2 N–H and O–H groups in total. The first-order chi connectivity index (χ1) is 12.5. The molecule has 0 saturated heterocycles. The Kier molecular flexibility index (Phi) is 17.0. The van der Waals surface area contributed by atoms with Gasteiger partial charge >= 0.3 is 0 Å². The zero-order chi connectivity index (χ0) is 19.5. The summed E-state index contributed by atoms with van der Waals surface area (Å²) in [7, 11) is 0. The average molecular weight is 368 g/mol. The van der Waals surface area contributed by atoms with E-state index in [2.05, 4.69) is 24.4 Å². The van der Waals surface area contributed by atoms with Gasteiger partial charge in [0.05, 0.1) is 0 Å². The van der Waals surface area contributed by atoms with Gasteiger partial charge in [0.15, 0.2) is 0 Å². The molecule has 0 aromatic rings. The standard InChI is InChI=1S/C23H45NO2/c1-4-5-6-7-8-9-10-11-12-13-14-15-16-17-18-19-22(26)24-23(2,3)20-21-25/h11-12,25H,4-10,13-21H2,1-3H3,(H,24,26)/b12-11-. The van der Waals surface area contributed by atoms with Crippen LogP contribution in [0.5, 0.6) is 0 Å². The highest BCUT2D eigenvalue weighted by Crippen LogP contribution is 2.11. The molecule has 0 aliphatic rings. The van der Waals surface area contributed by atoms with Gasteiger partial charge in [0, 0.05) is 18.6 Å². The maximum atomic E-state index is 11.9. The number of hydrogen-bond acceptors (Lipinski definition) is 2. The Morgan fingerprint density at radius 1 is 0.846 bits per heavy atom. The van der Waals surface area contributed by atoms with Crippen LogP contribution >= 0.6 is 0 Å². The lowest BCUT2D eigenvalue weighted by Crippen LogP contribution is -2.43. The fraction of sp³-hybridized carbons (Fsp3) is 0.870. The van der Waals surface area contributed by atoms with E-state index in [0.29, 0.717) is 12.8 Å². The van der Waals surface area contributed by atoms with Crippen LogP contribution in [0.1, 0.15) is 117 Å². The van der Waals surface area contributed by atoms with Gasteiger partial charge < -0.3 is 10.4 Å². The quantitative estimate of drug-likeness (QED) is 0.220.